The number of halogens is 1. The highest BCUT2D eigenvalue weighted by Gasteiger charge is 2.18. The Balaban J connectivity index is 2.41. The van der Waals surface area contributed by atoms with Crippen molar-refractivity contribution in [2.75, 3.05) is 6.54 Å². The van der Waals surface area contributed by atoms with Gasteiger partial charge in [-0.15, -0.1) is 11.3 Å². The summed E-state index contributed by atoms with van der Waals surface area (Å²) in [7, 11) is 0. The molecule has 1 nitrogen and oxygen atoms in total. The predicted molar refractivity (Wildman–Crippen MR) is 92.8 cm³/mol. The Bertz CT molecular complexity index is 569. The van der Waals surface area contributed by atoms with Gasteiger partial charge in [0.2, 0.25) is 0 Å². The van der Waals surface area contributed by atoms with Gasteiger partial charge in [-0.2, -0.15) is 0 Å². The van der Waals surface area contributed by atoms with Crippen LogP contribution in [-0.4, -0.2) is 6.54 Å². The van der Waals surface area contributed by atoms with Crippen LogP contribution in [0.4, 0.5) is 0 Å². The summed E-state index contributed by atoms with van der Waals surface area (Å²) < 4.78 is 1.24. The van der Waals surface area contributed by atoms with Crippen molar-refractivity contribution in [3.63, 3.8) is 0 Å². The molecule has 1 heterocycles. The smallest absolute Gasteiger partial charge is 0.0731 e. The molecule has 2 rings (SSSR count). The molecule has 0 aliphatic carbocycles. The fourth-order valence-corrected chi connectivity index (χ4v) is 4.09. The van der Waals surface area contributed by atoms with Gasteiger partial charge in [-0.1, -0.05) is 30.7 Å². The van der Waals surface area contributed by atoms with Crippen LogP contribution in [0.5, 0.6) is 0 Å². The minimum absolute atomic E-state index is 0.297. The van der Waals surface area contributed by atoms with E-state index in [9.17, 15) is 0 Å². The first-order chi connectivity index (χ1) is 9.52. The number of thiophene rings is 1. The summed E-state index contributed by atoms with van der Waals surface area (Å²) in [5.74, 6) is 0. The Kier molecular flexibility index (Phi) is 5.42. The number of nitrogens with one attached hydrogen (secondary N) is 1. The molecule has 1 N–H and O–H groups in total. The summed E-state index contributed by atoms with van der Waals surface area (Å²) >= 11 is 5.48. The third-order valence-electron chi connectivity index (χ3n) is 3.50. The zero-order chi connectivity index (χ0) is 14.7. The van der Waals surface area contributed by atoms with E-state index in [1.54, 1.807) is 0 Å². The van der Waals surface area contributed by atoms with Gasteiger partial charge in [-0.3, -0.25) is 0 Å². The van der Waals surface area contributed by atoms with E-state index in [0.717, 1.165) is 13.0 Å². The molecule has 0 saturated heterocycles. The molecule has 1 aromatic carbocycles. The van der Waals surface area contributed by atoms with Crippen molar-refractivity contribution in [2.45, 2.75) is 40.2 Å². The van der Waals surface area contributed by atoms with E-state index < -0.39 is 0 Å². The highest BCUT2D eigenvalue weighted by molar-refractivity contribution is 9.11. The first kappa shape index (κ1) is 15.7. The molecule has 3 heteroatoms. The summed E-state index contributed by atoms with van der Waals surface area (Å²) in [4.78, 5) is 1.38. The SMILES string of the molecule is CCCNC(c1cc(C)c(Br)s1)c1ccc(C)cc1C. The fraction of sp³-hybridized carbons (Fsp3) is 0.412. The first-order valence-electron chi connectivity index (χ1n) is 7.09. The zero-order valence-corrected chi connectivity index (χ0v) is 15.0. The highest BCUT2D eigenvalue weighted by Crippen LogP contribution is 2.35. The summed E-state index contributed by atoms with van der Waals surface area (Å²) in [6.45, 7) is 9.76. The summed E-state index contributed by atoms with van der Waals surface area (Å²) in [6, 6.07) is 9.33. The molecular weight excluding hydrogens is 330 g/mol. The van der Waals surface area contributed by atoms with Gasteiger partial charge in [0.1, 0.15) is 0 Å². The van der Waals surface area contributed by atoms with E-state index in [1.807, 2.05) is 11.3 Å². The molecule has 108 valence electrons. The number of benzene rings is 1. The lowest BCUT2D eigenvalue weighted by Gasteiger charge is -2.20. The van der Waals surface area contributed by atoms with Crippen LogP contribution in [0.15, 0.2) is 28.1 Å². The lowest BCUT2D eigenvalue weighted by Crippen LogP contribution is -2.23. The second kappa shape index (κ2) is 6.88. The van der Waals surface area contributed by atoms with Gasteiger partial charge in [0, 0.05) is 4.88 Å². The molecule has 0 aliphatic heterocycles. The number of rotatable bonds is 5. The molecule has 0 radical (unpaired) electrons. The molecule has 0 fully saturated rings. The van der Waals surface area contributed by atoms with Crippen molar-refractivity contribution in [3.8, 4) is 0 Å². The van der Waals surface area contributed by atoms with Gasteiger partial charge >= 0.3 is 0 Å². The quantitative estimate of drug-likeness (QED) is 0.747. The monoisotopic (exact) mass is 351 g/mol. The molecule has 1 unspecified atom stereocenters. The van der Waals surface area contributed by atoms with Crippen molar-refractivity contribution in [2.24, 2.45) is 0 Å². The molecule has 1 atom stereocenters. The van der Waals surface area contributed by atoms with Crippen LogP contribution < -0.4 is 5.32 Å². The van der Waals surface area contributed by atoms with Crippen LogP contribution in [0.3, 0.4) is 0 Å². The Morgan fingerprint density at radius 2 is 1.90 bits per heavy atom. The summed E-state index contributed by atoms with van der Waals surface area (Å²) in [5, 5.41) is 3.69. The van der Waals surface area contributed by atoms with E-state index in [0.29, 0.717) is 6.04 Å². The van der Waals surface area contributed by atoms with E-state index in [-0.39, 0.29) is 0 Å². The molecule has 0 aliphatic rings. The van der Waals surface area contributed by atoms with E-state index in [2.05, 4.69) is 73.2 Å². The predicted octanol–water partition coefficient (Wildman–Crippen LogP) is 5.52. The third-order valence-corrected chi connectivity index (χ3v) is 5.70. The number of hydrogen-bond acceptors (Lipinski definition) is 2. The van der Waals surface area contributed by atoms with Crippen LogP contribution in [0, 0.1) is 20.8 Å². The fourth-order valence-electron chi connectivity index (χ4n) is 2.43. The van der Waals surface area contributed by atoms with Crippen LogP contribution in [-0.2, 0) is 0 Å². The van der Waals surface area contributed by atoms with Gasteiger partial charge in [0.05, 0.1) is 9.83 Å². The number of hydrogen-bond donors (Lipinski definition) is 1. The normalized spacial score (nSPS) is 12.7. The first-order valence-corrected chi connectivity index (χ1v) is 8.70. The molecular formula is C17H22BrNS. The van der Waals surface area contributed by atoms with Crippen LogP contribution in [0.2, 0.25) is 0 Å². The van der Waals surface area contributed by atoms with Gasteiger partial charge in [0.25, 0.3) is 0 Å². The summed E-state index contributed by atoms with van der Waals surface area (Å²) in [5.41, 5.74) is 5.39. The van der Waals surface area contributed by atoms with Gasteiger partial charge < -0.3 is 5.32 Å². The van der Waals surface area contributed by atoms with Crippen LogP contribution in [0.25, 0.3) is 0 Å². The van der Waals surface area contributed by atoms with Crippen LogP contribution >= 0.6 is 27.3 Å². The molecule has 1 aromatic heterocycles. The molecule has 2 aromatic rings. The minimum Gasteiger partial charge on any atom is -0.306 e. The van der Waals surface area contributed by atoms with E-state index >= 15 is 0 Å². The maximum absolute atomic E-state index is 3.69. The highest BCUT2D eigenvalue weighted by atomic mass is 79.9. The third kappa shape index (κ3) is 3.51. The molecule has 0 saturated carbocycles. The average Bonchev–Trinajstić information content (AvgIpc) is 2.72. The molecule has 0 bridgehead atoms. The lowest BCUT2D eigenvalue weighted by atomic mass is 9.97. The zero-order valence-electron chi connectivity index (χ0n) is 12.6. The maximum atomic E-state index is 3.69. The van der Waals surface area contributed by atoms with Gasteiger partial charge in [-0.05, 0) is 72.4 Å². The molecule has 0 spiro atoms. The van der Waals surface area contributed by atoms with Crippen molar-refractivity contribution >= 4 is 27.3 Å². The van der Waals surface area contributed by atoms with Crippen molar-refractivity contribution in [3.05, 3.63) is 55.2 Å². The Labute approximate surface area is 134 Å². The Morgan fingerprint density at radius 3 is 2.45 bits per heavy atom. The van der Waals surface area contributed by atoms with Crippen molar-refractivity contribution in [1.82, 2.24) is 5.32 Å². The average molecular weight is 352 g/mol. The van der Waals surface area contributed by atoms with Gasteiger partial charge in [-0.25, -0.2) is 0 Å². The topological polar surface area (TPSA) is 12.0 Å². The maximum Gasteiger partial charge on any atom is 0.0731 e. The van der Waals surface area contributed by atoms with Crippen molar-refractivity contribution < 1.29 is 0 Å². The second-order valence-electron chi connectivity index (χ2n) is 5.35. The largest absolute Gasteiger partial charge is 0.306 e. The van der Waals surface area contributed by atoms with Crippen molar-refractivity contribution in [1.29, 1.82) is 0 Å². The molecule has 0 amide bonds. The Hall–Kier alpha value is -0.640. The standard InChI is InChI=1S/C17H22BrNS/c1-5-8-19-16(15-10-13(4)17(18)20-15)14-7-6-11(2)9-12(14)3/h6-7,9-10,16,19H,5,8H2,1-4H3. The van der Waals surface area contributed by atoms with Crippen LogP contribution in [0.1, 0.15) is 46.5 Å². The Morgan fingerprint density at radius 1 is 1.15 bits per heavy atom. The van der Waals surface area contributed by atoms with E-state index in [4.69, 9.17) is 0 Å². The second-order valence-corrected chi connectivity index (χ2v) is 7.75. The summed E-state index contributed by atoms with van der Waals surface area (Å²) in [6.07, 6.45) is 1.15. The minimum atomic E-state index is 0.297. The molecule has 20 heavy (non-hydrogen) atoms. The number of aryl methyl sites for hydroxylation is 3. The van der Waals surface area contributed by atoms with Gasteiger partial charge in [0.15, 0.2) is 0 Å². The van der Waals surface area contributed by atoms with E-state index in [1.165, 1.54) is 30.9 Å². The lowest BCUT2D eigenvalue weighted by molar-refractivity contribution is 0.603.